The van der Waals surface area contributed by atoms with Crippen LogP contribution in [0.15, 0.2) is 42.5 Å². The van der Waals surface area contributed by atoms with Crippen molar-refractivity contribution >= 4 is 56.3 Å². The minimum atomic E-state index is -0.627. The summed E-state index contributed by atoms with van der Waals surface area (Å²) in [6, 6.07) is 11.5. The van der Waals surface area contributed by atoms with Crippen molar-refractivity contribution in [3.05, 3.63) is 59.4 Å². The minimum absolute atomic E-state index is 0.0701. The Balaban J connectivity index is 1.33. The third kappa shape index (κ3) is 4.69. The first-order valence-electron chi connectivity index (χ1n) is 11.3. The first-order valence-corrected chi connectivity index (χ1v) is 13.2. The standard InChI is InChI=1S/C24H25FN6O3S2/c1-12-4-9-15-16(10-12)36-23(26-15)27-17(32)11-35-21-18-20(30(2)24(34)31(3)22(18)33)28-19(29-21)13-5-7-14(25)8-6-13/h4-10,18-21,28-29H,11H2,1-3H3,(H,26,27,32). The zero-order chi connectivity index (χ0) is 25.6. The van der Waals surface area contributed by atoms with Gasteiger partial charge in [0.15, 0.2) is 5.13 Å². The van der Waals surface area contributed by atoms with Crippen molar-refractivity contribution in [1.82, 2.24) is 25.4 Å². The Bertz CT molecular complexity index is 1330. The highest BCUT2D eigenvalue weighted by molar-refractivity contribution is 8.00. The lowest BCUT2D eigenvalue weighted by Crippen LogP contribution is -2.72. The van der Waals surface area contributed by atoms with Gasteiger partial charge < -0.3 is 10.2 Å². The molecule has 1 aromatic heterocycles. The molecule has 3 heterocycles. The number of fused-ring (bicyclic) bond motifs is 2. The van der Waals surface area contributed by atoms with Crippen LogP contribution in [0.3, 0.4) is 0 Å². The lowest BCUT2D eigenvalue weighted by Gasteiger charge is -2.50. The highest BCUT2D eigenvalue weighted by Crippen LogP contribution is 2.34. The number of thioether (sulfide) groups is 1. The molecule has 4 unspecified atom stereocenters. The number of hydrogen-bond donors (Lipinski definition) is 3. The topological polar surface area (TPSA) is 107 Å². The maximum absolute atomic E-state index is 13.5. The predicted octanol–water partition coefficient (Wildman–Crippen LogP) is 3.10. The summed E-state index contributed by atoms with van der Waals surface area (Å²) in [7, 11) is 3.08. The maximum Gasteiger partial charge on any atom is 0.327 e. The van der Waals surface area contributed by atoms with Crippen LogP contribution in [0.2, 0.25) is 0 Å². The van der Waals surface area contributed by atoms with Crippen LogP contribution in [0.4, 0.5) is 14.3 Å². The van der Waals surface area contributed by atoms with Crippen molar-refractivity contribution in [1.29, 1.82) is 0 Å². The molecule has 5 rings (SSSR count). The molecule has 3 aromatic rings. The number of amides is 4. The van der Waals surface area contributed by atoms with Gasteiger partial charge in [0.2, 0.25) is 11.8 Å². The van der Waals surface area contributed by atoms with Crippen LogP contribution < -0.4 is 16.0 Å². The number of anilines is 1. The van der Waals surface area contributed by atoms with E-state index in [0.717, 1.165) is 26.2 Å². The van der Waals surface area contributed by atoms with Crippen molar-refractivity contribution in [2.75, 3.05) is 25.2 Å². The van der Waals surface area contributed by atoms with E-state index in [0.29, 0.717) is 5.13 Å². The van der Waals surface area contributed by atoms with Gasteiger partial charge >= 0.3 is 6.03 Å². The van der Waals surface area contributed by atoms with E-state index in [4.69, 9.17) is 0 Å². The van der Waals surface area contributed by atoms with Gasteiger partial charge in [0.1, 0.15) is 5.82 Å². The fourth-order valence-electron chi connectivity index (χ4n) is 4.45. The number of nitrogens with one attached hydrogen (secondary N) is 3. The number of nitrogens with zero attached hydrogens (tertiary/aromatic N) is 3. The largest absolute Gasteiger partial charge is 0.327 e. The van der Waals surface area contributed by atoms with E-state index in [1.807, 2.05) is 25.1 Å². The van der Waals surface area contributed by atoms with Gasteiger partial charge in [0.25, 0.3) is 0 Å². The van der Waals surface area contributed by atoms with Crippen molar-refractivity contribution in [2.45, 2.75) is 24.6 Å². The molecule has 0 aliphatic carbocycles. The quantitative estimate of drug-likeness (QED) is 0.467. The highest BCUT2D eigenvalue weighted by atomic mass is 32.2. The van der Waals surface area contributed by atoms with Gasteiger partial charge in [0.05, 0.1) is 39.6 Å². The van der Waals surface area contributed by atoms with Crippen molar-refractivity contribution in [2.24, 2.45) is 5.92 Å². The van der Waals surface area contributed by atoms with Crippen LogP contribution in [0.1, 0.15) is 17.3 Å². The molecule has 2 aliphatic rings. The van der Waals surface area contributed by atoms with Gasteiger partial charge in [-0.2, -0.15) is 0 Å². The lowest BCUT2D eigenvalue weighted by molar-refractivity contribution is -0.140. The molecule has 0 saturated carbocycles. The molecule has 2 saturated heterocycles. The number of benzene rings is 2. The number of imide groups is 1. The molecule has 36 heavy (non-hydrogen) atoms. The molecule has 2 aliphatic heterocycles. The Kier molecular flexibility index (Phi) is 6.68. The zero-order valence-electron chi connectivity index (χ0n) is 19.8. The van der Waals surface area contributed by atoms with Crippen molar-refractivity contribution < 1.29 is 18.8 Å². The fraction of sp³-hybridized carbons (Fsp3) is 0.333. The van der Waals surface area contributed by atoms with Gasteiger partial charge in [-0.05, 0) is 42.3 Å². The van der Waals surface area contributed by atoms with Crippen molar-refractivity contribution in [3.8, 4) is 0 Å². The average Bonchev–Trinajstić information content (AvgIpc) is 3.26. The highest BCUT2D eigenvalue weighted by Gasteiger charge is 2.51. The van der Waals surface area contributed by atoms with E-state index in [1.165, 1.54) is 47.2 Å². The molecule has 0 radical (unpaired) electrons. The molecule has 188 valence electrons. The Hall–Kier alpha value is -3.06. The molecular weight excluding hydrogens is 503 g/mol. The number of carbonyl (C=O) groups excluding carboxylic acids is 3. The average molecular weight is 529 g/mol. The second kappa shape index (κ2) is 9.77. The van der Waals surface area contributed by atoms with Crippen LogP contribution in [0, 0.1) is 18.7 Å². The summed E-state index contributed by atoms with van der Waals surface area (Å²) in [5, 5.41) is 9.55. The summed E-state index contributed by atoms with van der Waals surface area (Å²) < 4.78 is 14.5. The summed E-state index contributed by atoms with van der Waals surface area (Å²) in [6.07, 6.45) is -1.04. The molecule has 2 fully saturated rings. The Morgan fingerprint density at radius 2 is 1.92 bits per heavy atom. The summed E-state index contributed by atoms with van der Waals surface area (Å²) in [5.41, 5.74) is 2.69. The molecular formula is C24H25FN6O3S2. The van der Waals surface area contributed by atoms with E-state index in [1.54, 1.807) is 19.2 Å². The van der Waals surface area contributed by atoms with E-state index >= 15 is 0 Å². The van der Waals surface area contributed by atoms with Gasteiger partial charge in [-0.1, -0.05) is 29.5 Å². The van der Waals surface area contributed by atoms with Crippen molar-refractivity contribution in [3.63, 3.8) is 0 Å². The molecule has 3 N–H and O–H groups in total. The molecule has 4 amide bonds. The van der Waals surface area contributed by atoms with E-state index < -0.39 is 29.7 Å². The van der Waals surface area contributed by atoms with Gasteiger partial charge in [0, 0.05) is 14.1 Å². The summed E-state index contributed by atoms with van der Waals surface area (Å²) in [4.78, 5) is 45.5. The van der Waals surface area contributed by atoms with Gasteiger partial charge in [-0.3, -0.25) is 25.1 Å². The first kappa shape index (κ1) is 24.6. The van der Waals surface area contributed by atoms with Gasteiger partial charge in [-0.25, -0.2) is 14.2 Å². The summed E-state index contributed by atoms with van der Waals surface area (Å²) >= 11 is 2.69. The van der Waals surface area contributed by atoms with Crippen LogP contribution in [-0.4, -0.2) is 64.0 Å². The monoisotopic (exact) mass is 528 g/mol. The molecule has 12 heteroatoms. The third-order valence-electron chi connectivity index (χ3n) is 6.34. The number of hydrogen-bond acceptors (Lipinski definition) is 8. The summed E-state index contributed by atoms with van der Waals surface area (Å²) in [5.74, 6) is -1.49. The molecule has 4 atom stereocenters. The minimum Gasteiger partial charge on any atom is -0.311 e. The predicted molar refractivity (Wildman–Crippen MR) is 138 cm³/mol. The Morgan fingerprint density at radius 3 is 2.67 bits per heavy atom. The third-order valence-corrected chi connectivity index (χ3v) is 8.49. The number of aryl methyl sites for hydroxylation is 1. The number of aromatic nitrogens is 1. The van der Waals surface area contributed by atoms with E-state index in [2.05, 4.69) is 20.9 Å². The van der Waals surface area contributed by atoms with E-state index in [9.17, 15) is 18.8 Å². The number of rotatable bonds is 5. The number of carbonyl (C=O) groups is 3. The second-order valence-electron chi connectivity index (χ2n) is 8.85. The Labute approximate surface area is 215 Å². The first-order chi connectivity index (χ1) is 17.2. The number of halogens is 1. The smallest absolute Gasteiger partial charge is 0.311 e. The zero-order valence-corrected chi connectivity index (χ0v) is 21.5. The second-order valence-corrected chi connectivity index (χ2v) is 11.0. The van der Waals surface area contributed by atoms with Crippen LogP contribution in [-0.2, 0) is 9.59 Å². The van der Waals surface area contributed by atoms with Crippen LogP contribution in [0.5, 0.6) is 0 Å². The molecule has 2 aromatic carbocycles. The molecule has 0 spiro atoms. The number of thiazole rings is 1. The maximum atomic E-state index is 13.5. The van der Waals surface area contributed by atoms with E-state index in [-0.39, 0.29) is 23.4 Å². The van der Waals surface area contributed by atoms with Crippen LogP contribution in [0.25, 0.3) is 10.2 Å². The fourth-order valence-corrected chi connectivity index (χ4v) is 6.54. The SMILES string of the molecule is Cc1ccc2nc(NC(=O)CSC3NC(c4ccc(F)cc4)NC4C3C(=O)N(C)C(=O)N4C)sc2c1. The normalized spacial score (nSPS) is 24.2. The Morgan fingerprint density at radius 1 is 1.17 bits per heavy atom. The lowest BCUT2D eigenvalue weighted by atomic mass is 9.96. The van der Waals surface area contributed by atoms with Crippen LogP contribution >= 0.6 is 23.1 Å². The molecule has 0 bridgehead atoms. The molecule has 9 nitrogen and oxygen atoms in total. The van der Waals surface area contributed by atoms with Gasteiger partial charge in [-0.15, -0.1) is 11.8 Å². The summed E-state index contributed by atoms with van der Waals surface area (Å²) in [6.45, 7) is 2.00. The number of urea groups is 1.